The van der Waals surface area contributed by atoms with Crippen molar-refractivity contribution in [3.8, 4) is 0 Å². The van der Waals surface area contributed by atoms with Crippen molar-refractivity contribution in [1.29, 1.82) is 0 Å². The van der Waals surface area contributed by atoms with Gasteiger partial charge in [0.05, 0.1) is 16.3 Å². The first-order chi connectivity index (χ1) is 8.43. The smallest absolute Gasteiger partial charge is 0.226 e. The minimum atomic E-state index is -3.36. The molecule has 1 aromatic carbocycles. The SMILES string of the molecule is CCN1CCC(=O)Nc2c1cccc2S(C)(=O)=O. The van der Waals surface area contributed by atoms with Crippen molar-refractivity contribution >= 4 is 27.1 Å². The molecular formula is C12H16N2O3S. The van der Waals surface area contributed by atoms with Gasteiger partial charge in [-0.2, -0.15) is 0 Å². The molecule has 1 heterocycles. The molecule has 0 aliphatic carbocycles. The van der Waals surface area contributed by atoms with Crippen molar-refractivity contribution in [1.82, 2.24) is 0 Å². The summed E-state index contributed by atoms with van der Waals surface area (Å²) >= 11 is 0. The molecular weight excluding hydrogens is 252 g/mol. The maximum Gasteiger partial charge on any atom is 0.226 e. The Bertz CT molecular complexity index is 581. The van der Waals surface area contributed by atoms with E-state index in [-0.39, 0.29) is 10.8 Å². The molecule has 1 aliphatic rings. The summed E-state index contributed by atoms with van der Waals surface area (Å²) in [5.41, 5.74) is 1.18. The van der Waals surface area contributed by atoms with Crippen LogP contribution in [0.2, 0.25) is 0 Å². The van der Waals surface area contributed by atoms with Crippen LogP contribution >= 0.6 is 0 Å². The van der Waals surface area contributed by atoms with E-state index in [0.717, 1.165) is 18.5 Å². The number of para-hydroxylation sites is 1. The molecule has 0 saturated carbocycles. The molecule has 0 atom stereocenters. The fraction of sp³-hybridized carbons (Fsp3) is 0.417. The van der Waals surface area contributed by atoms with Gasteiger partial charge >= 0.3 is 0 Å². The van der Waals surface area contributed by atoms with Crippen LogP contribution in [-0.2, 0) is 14.6 Å². The van der Waals surface area contributed by atoms with Crippen LogP contribution in [0.15, 0.2) is 23.1 Å². The largest absolute Gasteiger partial charge is 0.370 e. The molecule has 0 bridgehead atoms. The van der Waals surface area contributed by atoms with Crippen LogP contribution in [0.4, 0.5) is 11.4 Å². The monoisotopic (exact) mass is 268 g/mol. The predicted octanol–water partition coefficient (Wildman–Crippen LogP) is 1.26. The van der Waals surface area contributed by atoms with Gasteiger partial charge in [-0.3, -0.25) is 4.79 Å². The summed E-state index contributed by atoms with van der Waals surface area (Å²) < 4.78 is 23.5. The van der Waals surface area contributed by atoms with Crippen molar-refractivity contribution < 1.29 is 13.2 Å². The van der Waals surface area contributed by atoms with E-state index in [4.69, 9.17) is 0 Å². The number of sulfone groups is 1. The second-order valence-electron chi connectivity index (χ2n) is 4.30. The number of hydrogen-bond donors (Lipinski definition) is 1. The van der Waals surface area contributed by atoms with Gasteiger partial charge < -0.3 is 10.2 Å². The van der Waals surface area contributed by atoms with E-state index in [1.807, 2.05) is 17.9 Å². The van der Waals surface area contributed by atoms with Gasteiger partial charge in [0.2, 0.25) is 5.91 Å². The maximum atomic E-state index is 11.7. The Morgan fingerprint density at radius 1 is 1.39 bits per heavy atom. The molecule has 6 heteroatoms. The van der Waals surface area contributed by atoms with Gasteiger partial charge in [-0.25, -0.2) is 8.42 Å². The first-order valence-corrected chi connectivity index (χ1v) is 7.70. The van der Waals surface area contributed by atoms with E-state index in [0.29, 0.717) is 18.7 Å². The topological polar surface area (TPSA) is 66.5 Å². The molecule has 1 aromatic rings. The van der Waals surface area contributed by atoms with Crippen molar-refractivity contribution in [2.75, 3.05) is 29.6 Å². The van der Waals surface area contributed by atoms with Gasteiger partial charge in [-0.15, -0.1) is 0 Å². The summed E-state index contributed by atoms with van der Waals surface area (Å²) in [6.07, 6.45) is 1.52. The first kappa shape index (κ1) is 12.9. The third-order valence-corrected chi connectivity index (χ3v) is 4.14. The molecule has 0 spiro atoms. The number of carbonyl (C=O) groups is 1. The Labute approximate surface area is 107 Å². The van der Waals surface area contributed by atoms with Crippen molar-refractivity contribution in [2.45, 2.75) is 18.2 Å². The van der Waals surface area contributed by atoms with E-state index in [2.05, 4.69) is 5.32 Å². The van der Waals surface area contributed by atoms with Crippen molar-refractivity contribution in [3.63, 3.8) is 0 Å². The van der Waals surface area contributed by atoms with Gasteiger partial charge in [-0.05, 0) is 19.1 Å². The second kappa shape index (κ2) is 4.61. The highest BCUT2D eigenvalue weighted by atomic mass is 32.2. The highest BCUT2D eigenvalue weighted by Gasteiger charge is 2.24. The van der Waals surface area contributed by atoms with E-state index in [9.17, 15) is 13.2 Å². The molecule has 0 radical (unpaired) electrons. The molecule has 0 saturated heterocycles. The van der Waals surface area contributed by atoms with Crippen LogP contribution in [0, 0.1) is 0 Å². The number of anilines is 2. The predicted molar refractivity (Wildman–Crippen MR) is 70.7 cm³/mol. The van der Waals surface area contributed by atoms with Gasteiger partial charge in [0.25, 0.3) is 0 Å². The first-order valence-electron chi connectivity index (χ1n) is 5.81. The zero-order chi connectivity index (χ0) is 13.3. The van der Waals surface area contributed by atoms with Crippen LogP contribution in [-0.4, -0.2) is 33.7 Å². The fourth-order valence-corrected chi connectivity index (χ4v) is 2.96. The third-order valence-electron chi connectivity index (χ3n) is 3.00. The fourth-order valence-electron chi connectivity index (χ4n) is 2.11. The van der Waals surface area contributed by atoms with Crippen LogP contribution in [0.25, 0.3) is 0 Å². The highest BCUT2D eigenvalue weighted by molar-refractivity contribution is 7.90. The van der Waals surface area contributed by atoms with E-state index in [1.54, 1.807) is 6.07 Å². The number of fused-ring (bicyclic) bond motifs is 1. The Morgan fingerprint density at radius 3 is 2.72 bits per heavy atom. The lowest BCUT2D eigenvalue weighted by Crippen LogP contribution is -2.23. The zero-order valence-corrected chi connectivity index (χ0v) is 11.3. The minimum absolute atomic E-state index is 0.150. The standard InChI is InChI=1S/C12H16N2O3S/c1-3-14-8-7-11(15)13-12-9(14)5-4-6-10(12)18(2,16)17/h4-6H,3,7-8H2,1-2H3,(H,13,15). The number of hydrogen-bond acceptors (Lipinski definition) is 4. The third kappa shape index (κ3) is 2.33. The Kier molecular flexibility index (Phi) is 3.30. The lowest BCUT2D eigenvalue weighted by Gasteiger charge is -2.23. The average molecular weight is 268 g/mol. The Balaban J connectivity index is 2.66. The number of nitrogens with zero attached hydrogens (tertiary/aromatic N) is 1. The van der Waals surface area contributed by atoms with E-state index in [1.165, 1.54) is 6.07 Å². The Morgan fingerprint density at radius 2 is 2.11 bits per heavy atom. The van der Waals surface area contributed by atoms with Crippen LogP contribution in [0.5, 0.6) is 0 Å². The minimum Gasteiger partial charge on any atom is -0.370 e. The average Bonchev–Trinajstić information content (AvgIpc) is 2.45. The molecule has 0 aromatic heterocycles. The molecule has 98 valence electrons. The van der Waals surface area contributed by atoms with Gasteiger partial charge in [0.1, 0.15) is 0 Å². The molecule has 1 N–H and O–H groups in total. The van der Waals surface area contributed by atoms with E-state index < -0.39 is 9.84 Å². The molecule has 2 rings (SSSR count). The summed E-state index contributed by atoms with van der Waals surface area (Å²) in [6, 6.07) is 5.06. The van der Waals surface area contributed by atoms with Gasteiger partial charge in [0, 0.05) is 25.8 Å². The van der Waals surface area contributed by atoms with E-state index >= 15 is 0 Å². The Hall–Kier alpha value is -1.56. The molecule has 5 nitrogen and oxygen atoms in total. The normalized spacial score (nSPS) is 15.9. The summed E-state index contributed by atoms with van der Waals surface area (Å²) in [4.78, 5) is 13.8. The molecule has 1 amide bonds. The number of rotatable bonds is 2. The lowest BCUT2D eigenvalue weighted by molar-refractivity contribution is -0.115. The zero-order valence-electron chi connectivity index (χ0n) is 10.4. The summed E-state index contributed by atoms with van der Waals surface area (Å²) in [5.74, 6) is -0.150. The number of amides is 1. The summed E-state index contributed by atoms with van der Waals surface area (Å²) in [6.45, 7) is 3.31. The van der Waals surface area contributed by atoms with Crippen molar-refractivity contribution in [3.05, 3.63) is 18.2 Å². The number of benzene rings is 1. The molecule has 1 aliphatic heterocycles. The number of carbonyl (C=O) groups excluding carboxylic acids is 1. The second-order valence-corrected chi connectivity index (χ2v) is 6.28. The van der Waals surface area contributed by atoms with Crippen molar-refractivity contribution in [2.24, 2.45) is 0 Å². The van der Waals surface area contributed by atoms with Crippen LogP contribution in [0.1, 0.15) is 13.3 Å². The lowest BCUT2D eigenvalue weighted by atomic mass is 10.2. The summed E-state index contributed by atoms with van der Waals surface area (Å²) in [7, 11) is -3.36. The van der Waals surface area contributed by atoms with Gasteiger partial charge in [-0.1, -0.05) is 6.07 Å². The van der Waals surface area contributed by atoms with Crippen LogP contribution in [0.3, 0.4) is 0 Å². The number of nitrogens with one attached hydrogen (secondary N) is 1. The molecule has 18 heavy (non-hydrogen) atoms. The quantitative estimate of drug-likeness (QED) is 0.877. The van der Waals surface area contributed by atoms with Crippen LogP contribution < -0.4 is 10.2 Å². The highest BCUT2D eigenvalue weighted by Crippen LogP contribution is 2.34. The molecule has 0 unspecified atom stereocenters. The maximum absolute atomic E-state index is 11.7. The summed E-state index contributed by atoms with van der Waals surface area (Å²) in [5, 5.41) is 2.70. The van der Waals surface area contributed by atoms with Gasteiger partial charge in [0.15, 0.2) is 9.84 Å². The molecule has 0 fully saturated rings.